The largest absolute Gasteiger partial charge is 0.480 e. The van der Waals surface area contributed by atoms with Crippen LogP contribution in [0.1, 0.15) is 12.8 Å². The Balaban J connectivity index is 4.64. The van der Waals surface area contributed by atoms with Gasteiger partial charge in [0.25, 0.3) is 0 Å². The number of halogens is 3. The van der Waals surface area contributed by atoms with Crippen LogP contribution in [0.25, 0.3) is 0 Å². The van der Waals surface area contributed by atoms with Gasteiger partial charge in [0.2, 0.25) is 3.79 Å². The van der Waals surface area contributed by atoms with Gasteiger partial charge in [-0.15, -0.1) is 0 Å². The Kier molecular flexibility index (Phi) is 4.76. The van der Waals surface area contributed by atoms with Crippen molar-refractivity contribution < 1.29 is 9.90 Å². The lowest BCUT2D eigenvalue weighted by Gasteiger charge is -2.31. The van der Waals surface area contributed by atoms with Crippen LogP contribution in [0.4, 0.5) is 0 Å². The van der Waals surface area contributed by atoms with E-state index in [0.717, 1.165) is 0 Å². The fourth-order valence-corrected chi connectivity index (χ4v) is 1.28. The van der Waals surface area contributed by atoms with Gasteiger partial charge in [-0.1, -0.05) is 34.8 Å². The van der Waals surface area contributed by atoms with E-state index < -0.39 is 15.3 Å². The Morgan fingerprint density at radius 2 is 1.85 bits per heavy atom. The monoisotopic (exact) mass is 248 g/mol. The number of aliphatic carboxylic acids is 1. The number of hydrogen-bond acceptors (Lipinski definition) is 3. The average Bonchev–Trinajstić information content (AvgIpc) is 1.97. The molecule has 0 bridgehead atoms. The zero-order chi connectivity index (χ0) is 10.7. The van der Waals surface area contributed by atoms with Gasteiger partial charge < -0.3 is 16.6 Å². The van der Waals surface area contributed by atoms with Crippen LogP contribution in [0, 0.1) is 0 Å². The minimum Gasteiger partial charge on any atom is -0.480 e. The van der Waals surface area contributed by atoms with E-state index in [0.29, 0.717) is 13.0 Å². The molecule has 0 aliphatic heterocycles. The summed E-state index contributed by atoms with van der Waals surface area (Å²) in [6.07, 6.45) is 0.409. The summed E-state index contributed by atoms with van der Waals surface area (Å²) >= 11 is 16.4. The summed E-state index contributed by atoms with van der Waals surface area (Å²) in [6.45, 7) is 0.299. The van der Waals surface area contributed by atoms with E-state index in [1.807, 2.05) is 0 Å². The standard InChI is InChI=1S/C6H11Cl3N2O2/c7-6(8,9)5(11,4(12)13)2-1-3-10/h1-3,10-11H2,(H,12,13)/t5-/m0/s1. The molecular formula is C6H11Cl3N2O2. The second-order valence-electron chi connectivity index (χ2n) is 2.67. The number of hydrogen-bond donors (Lipinski definition) is 3. The predicted molar refractivity (Wildman–Crippen MR) is 53.1 cm³/mol. The molecule has 0 saturated carbocycles. The highest BCUT2D eigenvalue weighted by Crippen LogP contribution is 2.39. The van der Waals surface area contributed by atoms with Crippen molar-refractivity contribution >= 4 is 40.8 Å². The van der Waals surface area contributed by atoms with Crippen molar-refractivity contribution in [3.63, 3.8) is 0 Å². The number of carbonyl (C=O) groups is 1. The second-order valence-corrected chi connectivity index (χ2v) is 4.95. The van der Waals surface area contributed by atoms with Crippen LogP contribution >= 0.6 is 34.8 Å². The van der Waals surface area contributed by atoms with E-state index >= 15 is 0 Å². The van der Waals surface area contributed by atoms with Crippen molar-refractivity contribution in [3.8, 4) is 0 Å². The molecule has 4 nitrogen and oxygen atoms in total. The molecule has 0 rings (SSSR count). The van der Waals surface area contributed by atoms with Gasteiger partial charge in [-0.25, -0.2) is 0 Å². The molecule has 0 saturated heterocycles. The molecule has 5 N–H and O–H groups in total. The molecule has 0 aromatic rings. The normalized spacial score (nSPS) is 16.7. The summed E-state index contributed by atoms with van der Waals surface area (Å²) in [5, 5.41) is 8.78. The Bertz CT molecular complexity index is 195. The summed E-state index contributed by atoms with van der Waals surface area (Å²) in [4.78, 5) is 10.8. The van der Waals surface area contributed by atoms with Crippen molar-refractivity contribution in [2.45, 2.75) is 22.2 Å². The summed E-state index contributed by atoms with van der Waals surface area (Å²) in [5.41, 5.74) is 8.78. The minimum absolute atomic E-state index is 0.0231. The molecule has 0 aromatic carbocycles. The highest BCUT2D eigenvalue weighted by atomic mass is 35.6. The van der Waals surface area contributed by atoms with Crippen LogP contribution in [-0.4, -0.2) is 27.0 Å². The second kappa shape index (κ2) is 4.66. The Hall–Kier alpha value is 0.260. The third-order valence-corrected chi connectivity index (χ3v) is 2.67. The van der Waals surface area contributed by atoms with Crippen LogP contribution < -0.4 is 11.5 Å². The van der Waals surface area contributed by atoms with Gasteiger partial charge in [0.1, 0.15) is 0 Å². The van der Waals surface area contributed by atoms with E-state index in [2.05, 4.69) is 0 Å². The first-order valence-electron chi connectivity index (χ1n) is 3.55. The SMILES string of the molecule is NCCC[C@](N)(C(=O)O)C(Cl)(Cl)Cl. The zero-order valence-electron chi connectivity index (χ0n) is 6.77. The summed E-state index contributed by atoms with van der Waals surface area (Å²) in [7, 11) is 0. The van der Waals surface area contributed by atoms with Gasteiger partial charge in [0.15, 0.2) is 5.54 Å². The smallest absolute Gasteiger partial charge is 0.328 e. The lowest BCUT2D eigenvalue weighted by atomic mass is 9.96. The highest BCUT2D eigenvalue weighted by molar-refractivity contribution is 6.69. The molecule has 13 heavy (non-hydrogen) atoms. The number of carboxylic acid groups (broad SMARTS) is 1. The number of nitrogens with two attached hydrogens (primary N) is 2. The molecule has 0 aliphatic rings. The Labute approximate surface area is 91.1 Å². The van der Waals surface area contributed by atoms with Crippen molar-refractivity contribution in [2.24, 2.45) is 11.5 Å². The molecule has 0 spiro atoms. The average molecular weight is 250 g/mol. The molecule has 0 unspecified atom stereocenters. The molecule has 0 amide bonds. The van der Waals surface area contributed by atoms with Crippen LogP contribution in [0.3, 0.4) is 0 Å². The van der Waals surface area contributed by atoms with Gasteiger partial charge in [0, 0.05) is 0 Å². The zero-order valence-corrected chi connectivity index (χ0v) is 9.03. The molecule has 0 aromatic heterocycles. The van der Waals surface area contributed by atoms with Gasteiger partial charge >= 0.3 is 5.97 Å². The van der Waals surface area contributed by atoms with E-state index in [1.165, 1.54) is 0 Å². The maximum atomic E-state index is 10.8. The van der Waals surface area contributed by atoms with Crippen LogP contribution in [0.2, 0.25) is 0 Å². The molecule has 7 heteroatoms. The molecule has 0 aliphatic carbocycles. The summed E-state index contributed by atoms with van der Waals surface area (Å²) < 4.78 is -2.03. The van der Waals surface area contributed by atoms with Gasteiger partial charge in [-0.3, -0.25) is 4.79 Å². The van der Waals surface area contributed by atoms with E-state index in [1.54, 1.807) is 0 Å². The van der Waals surface area contributed by atoms with Crippen LogP contribution in [0.5, 0.6) is 0 Å². The van der Waals surface area contributed by atoms with Crippen molar-refractivity contribution in [1.82, 2.24) is 0 Å². The molecule has 0 heterocycles. The summed E-state index contributed by atoms with van der Waals surface area (Å²) in [5.74, 6) is -1.35. The van der Waals surface area contributed by atoms with E-state index in [9.17, 15) is 4.79 Å². The van der Waals surface area contributed by atoms with E-state index in [-0.39, 0.29) is 6.42 Å². The maximum absolute atomic E-state index is 10.8. The maximum Gasteiger partial charge on any atom is 0.328 e. The lowest BCUT2D eigenvalue weighted by molar-refractivity contribution is -0.143. The number of alkyl halides is 3. The van der Waals surface area contributed by atoms with E-state index in [4.69, 9.17) is 51.4 Å². The topological polar surface area (TPSA) is 89.3 Å². The first kappa shape index (κ1) is 13.3. The number of carboxylic acids is 1. The van der Waals surface area contributed by atoms with Crippen LogP contribution in [-0.2, 0) is 4.79 Å². The Morgan fingerprint density at radius 3 is 2.08 bits per heavy atom. The third-order valence-electron chi connectivity index (χ3n) is 1.66. The van der Waals surface area contributed by atoms with Gasteiger partial charge in [0.05, 0.1) is 0 Å². The van der Waals surface area contributed by atoms with Crippen molar-refractivity contribution in [2.75, 3.05) is 6.54 Å². The predicted octanol–water partition coefficient (Wildman–Crippen LogP) is 0.878. The first-order chi connectivity index (χ1) is 5.75. The third kappa shape index (κ3) is 3.14. The number of rotatable bonds is 4. The molecule has 1 atom stereocenters. The van der Waals surface area contributed by atoms with Crippen molar-refractivity contribution in [1.29, 1.82) is 0 Å². The van der Waals surface area contributed by atoms with Crippen molar-refractivity contribution in [3.05, 3.63) is 0 Å². The first-order valence-corrected chi connectivity index (χ1v) is 4.68. The summed E-state index contributed by atoms with van der Waals surface area (Å²) in [6, 6.07) is 0. The molecule has 78 valence electrons. The quantitative estimate of drug-likeness (QED) is 0.645. The lowest BCUT2D eigenvalue weighted by Crippen LogP contribution is -2.58. The Morgan fingerprint density at radius 1 is 1.38 bits per heavy atom. The highest BCUT2D eigenvalue weighted by Gasteiger charge is 2.51. The molecular weight excluding hydrogens is 238 g/mol. The molecule has 0 radical (unpaired) electrons. The fourth-order valence-electron chi connectivity index (χ4n) is 0.751. The van der Waals surface area contributed by atoms with Gasteiger partial charge in [-0.2, -0.15) is 0 Å². The van der Waals surface area contributed by atoms with Gasteiger partial charge in [-0.05, 0) is 19.4 Å². The minimum atomic E-state index is -2.03. The van der Waals surface area contributed by atoms with Crippen LogP contribution in [0.15, 0.2) is 0 Å². The molecule has 0 fully saturated rings. The fraction of sp³-hybridized carbons (Fsp3) is 0.833.